The Hall–Kier alpha value is -2.95. The lowest BCUT2D eigenvalue weighted by Crippen LogP contribution is -2.30. The highest BCUT2D eigenvalue weighted by atomic mass is 19.1. The quantitative estimate of drug-likeness (QED) is 0.666. The van der Waals surface area contributed by atoms with E-state index in [1.165, 1.54) is 12.3 Å². The van der Waals surface area contributed by atoms with Crippen LogP contribution in [-0.2, 0) is 11.2 Å². The van der Waals surface area contributed by atoms with Gasteiger partial charge in [-0.3, -0.25) is 4.79 Å². The van der Waals surface area contributed by atoms with E-state index >= 15 is 0 Å². The molecule has 1 heterocycles. The summed E-state index contributed by atoms with van der Waals surface area (Å²) in [6.45, 7) is 2.53. The van der Waals surface area contributed by atoms with Gasteiger partial charge < -0.3 is 9.32 Å². The summed E-state index contributed by atoms with van der Waals surface area (Å²) in [6, 6.07) is 15.9. The number of nitrogens with zero attached hydrogens (tertiary/aromatic N) is 2. The smallest absolute Gasteiger partial charge is 0.227 e. The Morgan fingerprint density at radius 1 is 1.12 bits per heavy atom. The Balaban J connectivity index is 1.66. The average Bonchev–Trinajstić information content (AvgIpc) is 3.11. The molecule has 2 aromatic carbocycles. The fourth-order valence-electron chi connectivity index (χ4n) is 2.67. The van der Waals surface area contributed by atoms with Crippen LogP contribution < -0.4 is 4.90 Å². The number of aryl methyl sites for hydroxylation is 1. The van der Waals surface area contributed by atoms with Gasteiger partial charge in [0.2, 0.25) is 5.91 Å². The van der Waals surface area contributed by atoms with Crippen LogP contribution in [-0.4, -0.2) is 17.4 Å². The van der Waals surface area contributed by atoms with Gasteiger partial charge in [-0.15, -0.1) is 0 Å². The number of carbonyl (C=O) groups is 1. The average molecular weight is 338 g/mol. The first-order valence-electron chi connectivity index (χ1n) is 8.24. The number of aromatic nitrogens is 1. The highest BCUT2D eigenvalue weighted by molar-refractivity contribution is 5.93. The number of rotatable bonds is 6. The minimum atomic E-state index is -0.359. The summed E-state index contributed by atoms with van der Waals surface area (Å²) in [6.07, 6.45) is 2.14. The van der Waals surface area contributed by atoms with Gasteiger partial charge in [-0.1, -0.05) is 30.3 Å². The fourth-order valence-corrected chi connectivity index (χ4v) is 2.67. The van der Waals surface area contributed by atoms with Gasteiger partial charge in [0.15, 0.2) is 11.7 Å². The number of anilines is 1. The molecule has 0 unspecified atom stereocenters. The van der Waals surface area contributed by atoms with Crippen molar-refractivity contribution in [1.82, 2.24) is 4.98 Å². The van der Waals surface area contributed by atoms with E-state index in [4.69, 9.17) is 4.42 Å². The van der Waals surface area contributed by atoms with Gasteiger partial charge in [-0.2, -0.15) is 0 Å². The lowest BCUT2D eigenvalue weighted by atomic mass is 10.2. The Labute approximate surface area is 145 Å². The number of para-hydroxylation sites is 1. The summed E-state index contributed by atoms with van der Waals surface area (Å²) in [5.74, 6) is 0.438. The van der Waals surface area contributed by atoms with Crippen LogP contribution in [0.4, 0.5) is 10.1 Å². The number of hydrogen-bond donors (Lipinski definition) is 0. The van der Waals surface area contributed by atoms with Gasteiger partial charge in [0, 0.05) is 25.1 Å². The maximum absolute atomic E-state index is 13.8. The third-order valence-corrected chi connectivity index (χ3v) is 3.93. The van der Waals surface area contributed by atoms with Crippen LogP contribution in [0.25, 0.3) is 11.3 Å². The SMILES string of the molecule is CCN(C(=O)CCc1ncc(-c2ccccc2F)o1)c1ccccc1. The van der Waals surface area contributed by atoms with E-state index in [-0.39, 0.29) is 18.1 Å². The van der Waals surface area contributed by atoms with Gasteiger partial charge in [0.1, 0.15) is 5.82 Å². The highest BCUT2D eigenvalue weighted by Gasteiger charge is 2.16. The van der Waals surface area contributed by atoms with E-state index in [9.17, 15) is 9.18 Å². The van der Waals surface area contributed by atoms with E-state index in [1.807, 2.05) is 37.3 Å². The molecule has 5 heteroatoms. The second-order valence-corrected chi connectivity index (χ2v) is 5.57. The molecule has 0 saturated carbocycles. The Morgan fingerprint density at radius 3 is 2.56 bits per heavy atom. The molecule has 25 heavy (non-hydrogen) atoms. The van der Waals surface area contributed by atoms with E-state index in [0.717, 1.165) is 5.69 Å². The van der Waals surface area contributed by atoms with Crippen molar-refractivity contribution in [2.75, 3.05) is 11.4 Å². The van der Waals surface area contributed by atoms with Crippen LogP contribution in [0, 0.1) is 5.82 Å². The van der Waals surface area contributed by atoms with Gasteiger partial charge >= 0.3 is 0 Å². The van der Waals surface area contributed by atoms with Gasteiger partial charge in [-0.25, -0.2) is 9.37 Å². The summed E-state index contributed by atoms with van der Waals surface area (Å²) >= 11 is 0. The Bertz CT molecular complexity index is 846. The molecule has 3 aromatic rings. The molecule has 0 N–H and O–H groups in total. The zero-order chi connectivity index (χ0) is 17.6. The first-order chi connectivity index (χ1) is 12.2. The van der Waals surface area contributed by atoms with E-state index in [2.05, 4.69) is 4.98 Å². The molecule has 0 aliphatic rings. The van der Waals surface area contributed by atoms with Crippen molar-refractivity contribution in [3.63, 3.8) is 0 Å². The van der Waals surface area contributed by atoms with Crippen LogP contribution in [0.5, 0.6) is 0 Å². The number of oxazole rings is 1. The lowest BCUT2D eigenvalue weighted by molar-refractivity contribution is -0.118. The maximum Gasteiger partial charge on any atom is 0.227 e. The van der Waals surface area contributed by atoms with Crippen LogP contribution >= 0.6 is 0 Å². The first kappa shape index (κ1) is 16.9. The molecule has 1 aromatic heterocycles. The minimum absolute atomic E-state index is 0.000610. The molecular formula is C20H19FN2O2. The van der Waals surface area contributed by atoms with Crippen molar-refractivity contribution in [3.8, 4) is 11.3 Å². The lowest BCUT2D eigenvalue weighted by Gasteiger charge is -2.20. The first-order valence-corrected chi connectivity index (χ1v) is 8.24. The number of halogens is 1. The molecule has 0 radical (unpaired) electrons. The molecule has 1 amide bonds. The summed E-state index contributed by atoms with van der Waals surface area (Å²) in [5, 5.41) is 0. The second-order valence-electron chi connectivity index (χ2n) is 5.57. The van der Waals surface area contributed by atoms with Crippen molar-refractivity contribution in [3.05, 3.63) is 72.5 Å². The monoisotopic (exact) mass is 338 g/mol. The summed E-state index contributed by atoms with van der Waals surface area (Å²) < 4.78 is 19.4. The largest absolute Gasteiger partial charge is 0.441 e. The predicted octanol–water partition coefficient (Wildman–Crippen LogP) is 4.47. The van der Waals surface area contributed by atoms with Crippen LogP contribution in [0.3, 0.4) is 0 Å². The molecular weight excluding hydrogens is 319 g/mol. The molecule has 4 nitrogen and oxygen atoms in total. The zero-order valence-electron chi connectivity index (χ0n) is 14.0. The number of amides is 1. The number of hydrogen-bond acceptors (Lipinski definition) is 3. The van der Waals surface area contributed by atoms with Crippen molar-refractivity contribution in [1.29, 1.82) is 0 Å². The summed E-state index contributed by atoms with van der Waals surface area (Å²) in [4.78, 5) is 18.4. The molecule has 0 aliphatic carbocycles. The van der Waals surface area contributed by atoms with Crippen LogP contribution in [0.2, 0.25) is 0 Å². The Morgan fingerprint density at radius 2 is 1.84 bits per heavy atom. The molecule has 3 rings (SSSR count). The normalized spacial score (nSPS) is 10.6. The zero-order valence-corrected chi connectivity index (χ0v) is 14.0. The number of carbonyl (C=O) groups excluding carboxylic acids is 1. The molecule has 0 spiro atoms. The molecule has 0 fully saturated rings. The van der Waals surface area contributed by atoms with Crippen molar-refractivity contribution in [2.24, 2.45) is 0 Å². The summed E-state index contributed by atoms with van der Waals surface area (Å²) in [5.41, 5.74) is 1.24. The topological polar surface area (TPSA) is 46.3 Å². The van der Waals surface area contributed by atoms with Crippen molar-refractivity contribution < 1.29 is 13.6 Å². The summed E-state index contributed by atoms with van der Waals surface area (Å²) in [7, 11) is 0. The third kappa shape index (κ3) is 3.94. The molecule has 0 bridgehead atoms. The second kappa shape index (κ2) is 7.75. The Kier molecular flexibility index (Phi) is 5.23. The van der Waals surface area contributed by atoms with E-state index in [0.29, 0.717) is 30.2 Å². The van der Waals surface area contributed by atoms with Crippen LogP contribution in [0.1, 0.15) is 19.2 Å². The predicted molar refractivity (Wildman–Crippen MR) is 94.7 cm³/mol. The fraction of sp³-hybridized carbons (Fsp3) is 0.200. The van der Waals surface area contributed by atoms with Crippen LogP contribution in [0.15, 0.2) is 65.2 Å². The minimum Gasteiger partial charge on any atom is -0.441 e. The van der Waals surface area contributed by atoms with Gasteiger partial charge in [0.05, 0.1) is 11.8 Å². The molecule has 0 saturated heterocycles. The maximum atomic E-state index is 13.8. The number of benzene rings is 2. The van der Waals surface area contributed by atoms with Crippen molar-refractivity contribution >= 4 is 11.6 Å². The van der Waals surface area contributed by atoms with Gasteiger partial charge in [0.25, 0.3) is 0 Å². The molecule has 0 aliphatic heterocycles. The van der Waals surface area contributed by atoms with E-state index in [1.54, 1.807) is 23.1 Å². The van der Waals surface area contributed by atoms with Gasteiger partial charge in [-0.05, 0) is 31.2 Å². The highest BCUT2D eigenvalue weighted by Crippen LogP contribution is 2.24. The standard InChI is InChI=1S/C20H19FN2O2/c1-2-23(15-8-4-3-5-9-15)20(24)13-12-19-22-14-18(25-19)16-10-6-7-11-17(16)21/h3-11,14H,2,12-13H2,1H3. The van der Waals surface area contributed by atoms with Crippen molar-refractivity contribution in [2.45, 2.75) is 19.8 Å². The molecule has 0 atom stereocenters. The van der Waals surface area contributed by atoms with E-state index < -0.39 is 0 Å². The molecule has 128 valence electrons. The third-order valence-electron chi connectivity index (χ3n) is 3.93.